The van der Waals surface area contributed by atoms with E-state index in [4.69, 9.17) is 0 Å². The van der Waals surface area contributed by atoms with Crippen molar-refractivity contribution in [2.75, 3.05) is 13.6 Å². The Kier molecular flexibility index (Phi) is 9.75. The summed E-state index contributed by atoms with van der Waals surface area (Å²) >= 11 is 0. The molecular weight excluding hydrogens is 218 g/mol. The van der Waals surface area contributed by atoms with Crippen LogP contribution in [0.1, 0.15) is 32.8 Å². The van der Waals surface area contributed by atoms with E-state index in [-0.39, 0.29) is 0 Å². The maximum atomic E-state index is 3.95. The Morgan fingerprint density at radius 2 is 1.83 bits per heavy atom. The third-order valence-corrected chi connectivity index (χ3v) is 2.61. The zero-order valence-electron chi connectivity index (χ0n) is 12.3. The molecule has 0 aliphatic rings. The van der Waals surface area contributed by atoms with Crippen LogP contribution in [0, 0.1) is 0 Å². The van der Waals surface area contributed by atoms with Crippen LogP contribution in [0.15, 0.2) is 54.8 Å². The topological polar surface area (TPSA) is 3.24 Å². The number of benzene rings is 1. The second-order valence-corrected chi connectivity index (χ2v) is 4.04. The zero-order valence-corrected chi connectivity index (χ0v) is 12.3. The largest absolute Gasteiger partial charge is 0.380 e. The van der Waals surface area contributed by atoms with E-state index in [1.807, 2.05) is 13.8 Å². The van der Waals surface area contributed by atoms with E-state index in [0.29, 0.717) is 0 Å². The molecule has 1 rings (SSSR count). The van der Waals surface area contributed by atoms with Crippen molar-refractivity contribution in [3.63, 3.8) is 0 Å². The molecule has 1 nitrogen and oxygen atoms in total. The highest BCUT2D eigenvalue weighted by molar-refractivity contribution is 5.16. The monoisotopic (exact) mass is 245 g/mol. The van der Waals surface area contributed by atoms with E-state index in [9.17, 15) is 0 Å². The first-order chi connectivity index (χ1) is 8.72. The summed E-state index contributed by atoms with van der Waals surface area (Å²) in [5, 5.41) is 0. The summed E-state index contributed by atoms with van der Waals surface area (Å²) in [4.78, 5) is 2.20. The Balaban J connectivity index is 0.00000137. The van der Waals surface area contributed by atoms with Crippen LogP contribution in [0.2, 0.25) is 0 Å². The van der Waals surface area contributed by atoms with Crippen molar-refractivity contribution in [2.24, 2.45) is 0 Å². The maximum absolute atomic E-state index is 3.95. The molecule has 0 N–H and O–H groups in total. The van der Waals surface area contributed by atoms with Crippen molar-refractivity contribution >= 4 is 0 Å². The molecule has 0 saturated heterocycles. The highest BCUT2D eigenvalue weighted by Gasteiger charge is 1.94. The normalized spacial score (nSPS) is 9.78. The van der Waals surface area contributed by atoms with Gasteiger partial charge in [0.25, 0.3) is 0 Å². The average Bonchev–Trinajstić information content (AvgIpc) is 2.45. The highest BCUT2D eigenvalue weighted by Crippen LogP contribution is 2.02. The third-order valence-electron chi connectivity index (χ3n) is 2.61. The predicted molar refractivity (Wildman–Crippen MR) is 82.7 cm³/mol. The van der Waals surface area contributed by atoms with E-state index < -0.39 is 0 Å². The van der Waals surface area contributed by atoms with Gasteiger partial charge in [-0.2, -0.15) is 0 Å². The van der Waals surface area contributed by atoms with Crippen molar-refractivity contribution in [2.45, 2.75) is 33.6 Å². The smallest absolute Gasteiger partial charge is 0.0209 e. The molecule has 1 aromatic rings. The number of hydrogen-bond acceptors (Lipinski definition) is 1. The fourth-order valence-corrected chi connectivity index (χ4v) is 1.38. The van der Waals surface area contributed by atoms with Gasteiger partial charge in [-0.25, -0.2) is 0 Å². The summed E-state index contributed by atoms with van der Waals surface area (Å²) in [5.41, 5.74) is 2.56. The van der Waals surface area contributed by atoms with Crippen LogP contribution in [0.25, 0.3) is 0 Å². The molecule has 0 saturated carbocycles. The lowest BCUT2D eigenvalue weighted by molar-refractivity contribution is 0.460. The van der Waals surface area contributed by atoms with Gasteiger partial charge in [-0.1, -0.05) is 63.3 Å². The van der Waals surface area contributed by atoms with Gasteiger partial charge in [0.15, 0.2) is 0 Å². The zero-order chi connectivity index (χ0) is 13.8. The van der Waals surface area contributed by atoms with Gasteiger partial charge in [0.2, 0.25) is 0 Å². The Morgan fingerprint density at radius 1 is 1.22 bits per heavy atom. The van der Waals surface area contributed by atoms with Gasteiger partial charge in [0.05, 0.1) is 0 Å². The summed E-state index contributed by atoms with van der Waals surface area (Å²) in [6.45, 7) is 11.1. The Labute approximate surface area is 113 Å². The number of allylic oxidation sites excluding steroid dienone is 2. The molecule has 0 fully saturated rings. The van der Waals surface area contributed by atoms with Crippen LogP contribution in [-0.4, -0.2) is 18.5 Å². The summed E-state index contributed by atoms with van der Waals surface area (Å²) in [7, 11) is 2.10. The predicted octanol–water partition coefficient (Wildman–Crippen LogP) is 4.67. The lowest BCUT2D eigenvalue weighted by Crippen LogP contribution is -2.14. The quantitative estimate of drug-likeness (QED) is 0.658. The SMILES string of the molecule is C=C(/C=C\N(C)CCc1ccccc1)CC.CC. The third kappa shape index (κ3) is 7.72. The average molecular weight is 245 g/mol. The minimum absolute atomic E-state index is 1.02. The first-order valence-corrected chi connectivity index (χ1v) is 6.82. The lowest BCUT2D eigenvalue weighted by Gasteiger charge is -2.13. The fraction of sp³-hybridized carbons (Fsp3) is 0.412. The number of nitrogens with zero attached hydrogens (tertiary/aromatic N) is 1. The van der Waals surface area contributed by atoms with Gasteiger partial charge >= 0.3 is 0 Å². The minimum atomic E-state index is 1.02. The van der Waals surface area contributed by atoms with Crippen molar-refractivity contribution in [1.82, 2.24) is 4.90 Å². The maximum Gasteiger partial charge on any atom is 0.0209 e. The van der Waals surface area contributed by atoms with Crippen molar-refractivity contribution in [3.05, 3.63) is 60.3 Å². The van der Waals surface area contributed by atoms with Gasteiger partial charge in [-0.3, -0.25) is 0 Å². The molecule has 0 bridgehead atoms. The molecule has 0 radical (unpaired) electrons. The van der Waals surface area contributed by atoms with Gasteiger partial charge in [0.1, 0.15) is 0 Å². The molecule has 0 aromatic heterocycles. The molecule has 0 amide bonds. The minimum Gasteiger partial charge on any atom is -0.380 e. The summed E-state index contributed by atoms with van der Waals surface area (Å²) in [6.07, 6.45) is 6.29. The molecule has 18 heavy (non-hydrogen) atoms. The Hall–Kier alpha value is -1.50. The number of likely N-dealkylation sites (N-methyl/N-ethyl adjacent to an activating group) is 1. The van der Waals surface area contributed by atoms with E-state index >= 15 is 0 Å². The van der Waals surface area contributed by atoms with Crippen LogP contribution in [0.4, 0.5) is 0 Å². The molecule has 1 heteroatoms. The molecule has 0 heterocycles. The van der Waals surface area contributed by atoms with Crippen LogP contribution in [-0.2, 0) is 6.42 Å². The lowest BCUT2D eigenvalue weighted by atomic mass is 10.1. The number of hydrogen-bond donors (Lipinski definition) is 0. The summed E-state index contributed by atoms with van der Waals surface area (Å²) < 4.78 is 0. The van der Waals surface area contributed by atoms with E-state index in [2.05, 4.69) is 68.1 Å². The Bertz CT molecular complexity index is 338. The van der Waals surface area contributed by atoms with Gasteiger partial charge < -0.3 is 4.90 Å². The number of rotatable bonds is 6. The first-order valence-electron chi connectivity index (χ1n) is 6.82. The molecule has 1 aromatic carbocycles. The van der Waals surface area contributed by atoms with E-state index in [1.165, 1.54) is 11.1 Å². The van der Waals surface area contributed by atoms with Crippen molar-refractivity contribution in [3.8, 4) is 0 Å². The molecule has 100 valence electrons. The summed E-state index contributed by atoms with van der Waals surface area (Å²) in [5.74, 6) is 0. The van der Waals surface area contributed by atoms with E-state index in [1.54, 1.807) is 0 Å². The van der Waals surface area contributed by atoms with Crippen LogP contribution >= 0.6 is 0 Å². The van der Waals surface area contributed by atoms with Gasteiger partial charge in [0, 0.05) is 13.6 Å². The van der Waals surface area contributed by atoms with Gasteiger partial charge in [-0.15, -0.1) is 0 Å². The van der Waals surface area contributed by atoms with Crippen molar-refractivity contribution in [1.29, 1.82) is 0 Å². The molecule has 0 aliphatic carbocycles. The molecular formula is C17H27N. The standard InChI is InChI=1S/C15H21N.C2H6/c1-4-14(2)10-12-16(3)13-11-15-8-6-5-7-9-15;1-2/h5-10,12H,2,4,11,13H2,1,3H3;1-2H3/b12-10-;. The van der Waals surface area contributed by atoms with Crippen LogP contribution in [0.5, 0.6) is 0 Å². The van der Waals surface area contributed by atoms with E-state index in [0.717, 1.165) is 19.4 Å². The highest BCUT2D eigenvalue weighted by atomic mass is 15.1. The first kappa shape index (κ1) is 16.5. The van der Waals surface area contributed by atoms with Crippen LogP contribution in [0.3, 0.4) is 0 Å². The molecule has 0 spiro atoms. The van der Waals surface area contributed by atoms with Crippen molar-refractivity contribution < 1.29 is 0 Å². The van der Waals surface area contributed by atoms with Crippen LogP contribution < -0.4 is 0 Å². The second-order valence-electron chi connectivity index (χ2n) is 4.04. The Morgan fingerprint density at radius 3 is 2.39 bits per heavy atom. The molecule has 0 aliphatic heterocycles. The fourth-order valence-electron chi connectivity index (χ4n) is 1.38. The van der Waals surface area contributed by atoms with Gasteiger partial charge in [-0.05, 0) is 30.7 Å². The molecule has 0 atom stereocenters. The summed E-state index contributed by atoms with van der Waals surface area (Å²) in [6, 6.07) is 10.6. The molecule has 0 unspecified atom stereocenters. The second kappa shape index (κ2) is 10.6.